The molecule has 0 aliphatic rings. The fourth-order valence-corrected chi connectivity index (χ4v) is 6.18. The Morgan fingerprint density at radius 1 is 0.594 bits per heavy atom. The number of nitrogens with zero attached hydrogens (tertiary/aromatic N) is 1. The highest BCUT2D eigenvalue weighted by Gasteiger charge is 2.27. The van der Waals surface area contributed by atoms with Gasteiger partial charge in [0.05, 0.1) is 40.0 Å². The molecule has 0 bridgehead atoms. The maximum absolute atomic E-state index is 12.7. The van der Waals surface area contributed by atoms with Gasteiger partial charge in [-0.2, -0.15) is 0 Å². The van der Waals surface area contributed by atoms with Crippen molar-refractivity contribution in [1.82, 2.24) is 0 Å². The summed E-state index contributed by atoms with van der Waals surface area (Å²) < 4.78 is 34.1. The van der Waals surface area contributed by atoms with Crippen LogP contribution in [0, 0.1) is 0 Å². The van der Waals surface area contributed by atoms with Crippen LogP contribution in [0.4, 0.5) is 0 Å². The van der Waals surface area contributed by atoms with E-state index in [2.05, 4.69) is 62.5 Å². The highest BCUT2D eigenvalue weighted by atomic mass is 31.2. The average Bonchev–Trinajstić information content (AvgIpc) is 3.24. The zero-order valence-electron chi connectivity index (χ0n) is 39.9. The normalized spacial score (nSPS) is 15.6. The number of allylic oxidation sites excluding steroid dienone is 16. The molecule has 0 aromatic rings. The molecule has 4 atom stereocenters. The summed E-state index contributed by atoms with van der Waals surface area (Å²) in [5.41, 5.74) is 0. The second-order valence-corrected chi connectivity index (χ2v) is 17.9. The summed E-state index contributed by atoms with van der Waals surface area (Å²) in [4.78, 5) is 35.4. The maximum atomic E-state index is 12.7. The Kier molecular flexibility index (Phi) is 39.6. The van der Waals surface area contributed by atoms with Crippen molar-refractivity contribution in [3.63, 3.8) is 0 Å². The van der Waals surface area contributed by atoms with Crippen LogP contribution >= 0.6 is 7.82 Å². The first-order valence-corrected chi connectivity index (χ1v) is 25.0. The minimum Gasteiger partial charge on any atom is -0.462 e. The highest BCUT2D eigenvalue weighted by Crippen LogP contribution is 2.43. The van der Waals surface area contributed by atoms with Gasteiger partial charge in [0.15, 0.2) is 6.10 Å². The van der Waals surface area contributed by atoms with E-state index in [0.717, 1.165) is 44.9 Å². The number of hydrogen-bond donors (Lipinski definition) is 3. The van der Waals surface area contributed by atoms with Crippen molar-refractivity contribution < 1.29 is 52.3 Å². The lowest BCUT2D eigenvalue weighted by molar-refractivity contribution is -0.870. The minimum absolute atomic E-state index is 0.0194. The molecule has 0 aliphatic carbocycles. The molecule has 12 heteroatoms. The smallest absolute Gasteiger partial charge is 0.462 e. The van der Waals surface area contributed by atoms with Gasteiger partial charge in [0, 0.05) is 12.8 Å². The first-order valence-electron chi connectivity index (χ1n) is 23.5. The molecular weight excluding hydrogens is 830 g/mol. The number of quaternary nitrogens is 1. The van der Waals surface area contributed by atoms with Gasteiger partial charge >= 0.3 is 19.8 Å². The van der Waals surface area contributed by atoms with Gasteiger partial charge in [0.1, 0.15) is 19.8 Å². The quantitative estimate of drug-likeness (QED) is 0.0135. The van der Waals surface area contributed by atoms with Gasteiger partial charge in [0.2, 0.25) is 0 Å². The third kappa shape index (κ3) is 44.9. The molecule has 0 aromatic heterocycles. The minimum atomic E-state index is -4.45. The number of carbonyl (C=O) groups excluding carboxylic acids is 2. The van der Waals surface area contributed by atoms with E-state index in [9.17, 15) is 29.3 Å². The molecular formula is C52H85NO10P+. The van der Waals surface area contributed by atoms with E-state index in [0.29, 0.717) is 43.1 Å². The number of carbonyl (C=O) groups is 2. The lowest BCUT2D eigenvalue weighted by atomic mass is 10.1. The number of aliphatic hydroxyl groups is 2. The number of likely N-dealkylation sites (N-methyl/N-ethyl adjacent to an activating group) is 1. The van der Waals surface area contributed by atoms with Gasteiger partial charge in [-0.05, 0) is 83.5 Å². The molecule has 11 nitrogen and oxygen atoms in total. The second-order valence-electron chi connectivity index (χ2n) is 16.4. The maximum Gasteiger partial charge on any atom is 0.472 e. The summed E-state index contributed by atoms with van der Waals surface area (Å²) in [6, 6.07) is 0. The van der Waals surface area contributed by atoms with Crippen LogP contribution in [0.25, 0.3) is 0 Å². The molecule has 0 saturated heterocycles. The Morgan fingerprint density at radius 3 is 1.80 bits per heavy atom. The molecule has 0 rings (SSSR count). The van der Waals surface area contributed by atoms with Crippen LogP contribution in [0.2, 0.25) is 0 Å². The third-order valence-electron chi connectivity index (χ3n) is 9.15. The summed E-state index contributed by atoms with van der Waals surface area (Å²) in [6.45, 7) is 3.91. The largest absolute Gasteiger partial charge is 0.472 e. The highest BCUT2D eigenvalue weighted by molar-refractivity contribution is 7.47. The molecule has 0 amide bonds. The molecule has 0 aliphatic heterocycles. The number of aliphatic hydroxyl groups excluding tert-OH is 2. The zero-order valence-corrected chi connectivity index (χ0v) is 40.8. The summed E-state index contributed by atoms with van der Waals surface area (Å²) >= 11 is 0. The first kappa shape index (κ1) is 60.3. The number of esters is 2. The Balaban J connectivity index is 4.66. The van der Waals surface area contributed by atoms with Crippen molar-refractivity contribution in [2.24, 2.45) is 0 Å². The van der Waals surface area contributed by atoms with E-state index < -0.39 is 44.7 Å². The van der Waals surface area contributed by atoms with E-state index in [1.54, 1.807) is 30.4 Å². The SMILES string of the molecule is CC/C=C\C[C@H](O)/C=C/C=C\C/C=C\C=C\[C@H](O)/C=C\CCCC(=O)O[C@H](COC(=O)CCCCC/C=C\C/C=C\C/C=C\C/C=C\CCCCC)COP(=O)(O)OCC[N+](C)(C)C. The van der Waals surface area contributed by atoms with E-state index in [4.69, 9.17) is 18.5 Å². The van der Waals surface area contributed by atoms with E-state index in [1.807, 2.05) is 63.7 Å². The predicted molar refractivity (Wildman–Crippen MR) is 263 cm³/mol. The van der Waals surface area contributed by atoms with E-state index >= 15 is 0 Å². The molecule has 1 unspecified atom stereocenters. The second kappa shape index (κ2) is 42.0. The van der Waals surface area contributed by atoms with Crippen LogP contribution < -0.4 is 0 Å². The zero-order chi connectivity index (χ0) is 47.4. The molecule has 362 valence electrons. The van der Waals surface area contributed by atoms with Crippen LogP contribution in [-0.2, 0) is 32.7 Å². The number of phosphoric acid groups is 1. The first-order chi connectivity index (χ1) is 30.8. The van der Waals surface area contributed by atoms with Crippen LogP contribution in [0.1, 0.15) is 129 Å². The van der Waals surface area contributed by atoms with Crippen LogP contribution in [0.15, 0.2) is 122 Å². The number of rotatable bonds is 40. The van der Waals surface area contributed by atoms with Crippen molar-refractivity contribution in [2.75, 3.05) is 47.5 Å². The Hall–Kier alpha value is -3.67. The summed E-state index contributed by atoms with van der Waals surface area (Å²) in [7, 11) is 1.30. The van der Waals surface area contributed by atoms with Gasteiger partial charge in [-0.1, -0.05) is 155 Å². The van der Waals surface area contributed by atoms with Gasteiger partial charge < -0.3 is 29.1 Å². The van der Waals surface area contributed by atoms with Crippen molar-refractivity contribution in [3.05, 3.63) is 122 Å². The summed E-state index contributed by atoms with van der Waals surface area (Å²) in [5.74, 6) is -1.03. The van der Waals surface area contributed by atoms with Crippen molar-refractivity contribution >= 4 is 19.8 Å². The molecule has 0 spiro atoms. The van der Waals surface area contributed by atoms with Crippen molar-refractivity contribution in [2.45, 2.75) is 148 Å². The number of ether oxygens (including phenoxy) is 2. The average molecular weight is 915 g/mol. The lowest BCUT2D eigenvalue weighted by Crippen LogP contribution is -2.37. The van der Waals surface area contributed by atoms with Gasteiger partial charge in [-0.3, -0.25) is 18.6 Å². The van der Waals surface area contributed by atoms with Crippen LogP contribution in [0.5, 0.6) is 0 Å². The fraction of sp³-hybridized carbons (Fsp3) is 0.577. The van der Waals surface area contributed by atoms with E-state index in [1.165, 1.54) is 25.7 Å². The van der Waals surface area contributed by atoms with Gasteiger partial charge in [-0.15, -0.1) is 0 Å². The third-order valence-corrected chi connectivity index (χ3v) is 10.1. The number of hydrogen-bond acceptors (Lipinski definition) is 9. The molecule has 0 saturated carbocycles. The monoisotopic (exact) mass is 915 g/mol. The molecule has 0 heterocycles. The van der Waals surface area contributed by atoms with Crippen molar-refractivity contribution in [1.29, 1.82) is 0 Å². The van der Waals surface area contributed by atoms with Crippen LogP contribution in [-0.4, -0.2) is 97.3 Å². The molecule has 64 heavy (non-hydrogen) atoms. The predicted octanol–water partition coefficient (Wildman–Crippen LogP) is 11.6. The van der Waals surface area contributed by atoms with Crippen LogP contribution in [0.3, 0.4) is 0 Å². The summed E-state index contributed by atoms with van der Waals surface area (Å²) in [5, 5.41) is 20.1. The van der Waals surface area contributed by atoms with E-state index in [-0.39, 0.29) is 26.1 Å². The molecule has 0 aromatic carbocycles. The molecule has 0 radical (unpaired) electrons. The van der Waals surface area contributed by atoms with Gasteiger partial charge in [0.25, 0.3) is 0 Å². The Labute approximate surface area is 387 Å². The molecule has 0 fully saturated rings. The topological polar surface area (TPSA) is 149 Å². The van der Waals surface area contributed by atoms with Gasteiger partial charge in [-0.25, -0.2) is 4.57 Å². The number of unbranched alkanes of at least 4 members (excludes halogenated alkanes) is 7. The Morgan fingerprint density at radius 2 is 1.17 bits per heavy atom. The van der Waals surface area contributed by atoms with Crippen molar-refractivity contribution in [3.8, 4) is 0 Å². The Bertz CT molecular complexity index is 1530. The lowest BCUT2D eigenvalue weighted by Gasteiger charge is -2.24. The standard InChI is InChI=1S/C52H84NO10P/c1-6-8-10-11-12-13-14-15-16-17-18-19-20-21-22-23-27-30-36-42-51(56)60-46-50(47-62-64(58,59)61-45-44-53(3,4)5)63-52(57)43-37-31-35-41-49(55)40-34-29-26-24-25-28-33-39-48(54)38-32-9-7-2/h9,12-13,15-16,18-19,21-22,25-26,28-29,32-35,39-41,48-50,54-55H,6-8,10-11,14,17,20,23-24,27,30-31,36-38,42-47H2,1-5H3/p+1/b13-12-,16-15-,19-18-,22-21-,28-25-,29-26-,32-9-,39-33+,40-34+,41-35-/t48-,49-,50+/m0/s1. The summed E-state index contributed by atoms with van der Waals surface area (Å²) in [6.07, 6.45) is 51.8. The number of phosphoric ester groups is 1. The fourth-order valence-electron chi connectivity index (χ4n) is 5.44. The molecule has 3 N–H and O–H groups in total.